The summed E-state index contributed by atoms with van der Waals surface area (Å²) in [5.74, 6) is 0.287. The van der Waals surface area contributed by atoms with Gasteiger partial charge in [-0.05, 0) is 32.5 Å². The van der Waals surface area contributed by atoms with Crippen molar-refractivity contribution < 1.29 is 8.42 Å². The highest BCUT2D eigenvalue weighted by molar-refractivity contribution is 7.89. The molecule has 7 heteroatoms. The van der Waals surface area contributed by atoms with Crippen LogP contribution in [0.15, 0.2) is 17.2 Å². The van der Waals surface area contributed by atoms with Crippen molar-refractivity contribution in [3.8, 4) is 0 Å². The van der Waals surface area contributed by atoms with Gasteiger partial charge < -0.3 is 9.88 Å². The van der Waals surface area contributed by atoms with Crippen LogP contribution in [-0.4, -0.2) is 55.3 Å². The standard InChI is InChI=1S/C13H22ClN3O2S/c1-3-12-10-16(2)5-4-6-17(12)20(18,19)13-7-11(8-14)15-9-13/h7,9,12,15H,3-6,8,10H2,1-2H3. The van der Waals surface area contributed by atoms with Crippen molar-refractivity contribution in [2.75, 3.05) is 26.7 Å². The van der Waals surface area contributed by atoms with Gasteiger partial charge in [-0.2, -0.15) is 4.31 Å². The number of aromatic amines is 1. The molecule has 5 nitrogen and oxygen atoms in total. The largest absolute Gasteiger partial charge is 0.363 e. The first-order valence-electron chi connectivity index (χ1n) is 6.92. The van der Waals surface area contributed by atoms with E-state index in [1.807, 2.05) is 14.0 Å². The highest BCUT2D eigenvalue weighted by Crippen LogP contribution is 2.23. The molecule has 1 fully saturated rings. The Morgan fingerprint density at radius 1 is 1.45 bits per heavy atom. The summed E-state index contributed by atoms with van der Waals surface area (Å²) in [4.78, 5) is 5.42. The lowest BCUT2D eigenvalue weighted by Gasteiger charge is -2.28. The van der Waals surface area contributed by atoms with Crippen LogP contribution in [0.5, 0.6) is 0 Å². The highest BCUT2D eigenvalue weighted by atomic mass is 35.5. The molecule has 1 aromatic heterocycles. The van der Waals surface area contributed by atoms with Gasteiger partial charge in [0.2, 0.25) is 10.0 Å². The lowest BCUT2D eigenvalue weighted by molar-refractivity contribution is 0.270. The van der Waals surface area contributed by atoms with Gasteiger partial charge in [0, 0.05) is 31.0 Å². The Morgan fingerprint density at radius 2 is 2.20 bits per heavy atom. The molecule has 1 N–H and O–H groups in total. The number of likely N-dealkylation sites (N-methyl/N-ethyl adjacent to an activating group) is 1. The molecule has 114 valence electrons. The minimum absolute atomic E-state index is 0.0295. The zero-order valence-electron chi connectivity index (χ0n) is 12.0. The number of aromatic nitrogens is 1. The van der Waals surface area contributed by atoms with E-state index in [0.717, 1.165) is 31.6 Å². The van der Waals surface area contributed by atoms with Crippen LogP contribution in [0.3, 0.4) is 0 Å². The number of sulfonamides is 1. The molecule has 2 heterocycles. The first-order valence-corrected chi connectivity index (χ1v) is 8.90. The maximum Gasteiger partial charge on any atom is 0.244 e. The predicted molar refractivity (Wildman–Crippen MR) is 80.4 cm³/mol. The van der Waals surface area contributed by atoms with Crippen LogP contribution in [0.4, 0.5) is 0 Å². The van der Waals surface area contributed by atoms with Gasteiger partial charge in [0.25, 0.3) is 0 Å². The lowest BCUT2D eigenvalue weighted by Crippen LogP contribution is -2.43. The molecule has 0 bridgehead atoms. The van der Waals surface area contributed by atoms with Crippen LogP contribution < -0.4 is 0 Å². The molecular weight excluding hydrogens is 298 g/mol. The van der Waals surface area contributed by atoms with Gasteiger partial charge in [0.1, 0.15) is 0 Å². The first kappa shape index (κ1) is 15.8. The molecule has 0 aliphatic carbocycles. The van der Waals surface area contributed by atoms with Crippen molar-refractivity contribution in [2.45, 2.75) is 36.6 Å². The highest BCUT2D eigenvalue weighted by Gasteiger charge is 2.33. The molecule has 1 saturated heterocycles. The minimum atomic E-state index is -3.44. The molecule has 1 atom stereocenters. The van der Waals surface area contributed by atoms with Gasteiger partial charge in [-0.1, -0.05) is 6.92 Å². The second kappa shape index (κ2) is 6.47. The van der Waals surface area contributed by atoms with Crippen LogP contribution in [-0.2, 0) is 15.9 Å². The number of H-pyrrole nitrogens is 1. The summed E-state index contributed by atoms with van der Waals surface area (Å²) in [6, 6.07) is 1.66. The molecule has 0 spiro atoms. The smallest absolute Gasteiger partial charge is 0.244 e. The van der Waals surface area contributed by atoms with Crippen LogP contribution in [0, 0.1) is 0 Å². The van der Waals surface area contributed by atoms with E-state index in [-0.39, 0.29) is 11.9 Å². The molecular formula is C13H22ClN3O2S. The Kier molecular flexibility index (Phi) is 5.12. The molecule has 2 rings (SSSR count). The number of nitrogens with zero attached hydrogens (tertiary/aromatic N) is 2. The number of hydrogen-bond donors (Lipinski definition) is 1. The van der Waals surface area contributed by atoms with Gasteiger partial charge >= 0.3 is 0 Å². The molecule has 20 heavy (non-hydrogen) atoms. The SMILES string of the molecule is CCC1CN(C)CCCN1S(=O)(=O)c1c[nH]c(CCl)c1. The second-order valence-corrected chi connectivity index (χ2v) is 7.45. The van der Waals surface area contributed by atoms with Crippen LogP contribution in [0.25, 0.3) is 0 Å². The minimum Gasteiger partial charge on any atom is -0.363 e. The second-order valence-electron chi connectivity index (χ2n) is 5.29. The summed E-state index contributed by atoms with van der Waals surface area (Å²) >= 11 is 5.73. The summed E-state index contributed by atoms with van der Waals surface area (Å²) in [6.45, 7) is 4.32. The Hall–Kier alpha value is -0.560. The molecule has 0 amide bonds. The summed E-state index contributed by atoms with van der Waals surface area (Å²) in [6.07, 6.45) is 3.21. The van der Waals surface area contributed by atoms with E-state index in [2.05, 4.69) is 9.88 Å². The summed E-state index contributed by atoms with van der Waals surface area (Å²) in [5, 5.41) is 0. The van der Waals surface area contributed by atoms with E-state index >= 15 is 0 Å². The predicted octanol–water partition coefficient (Wildman–Crippen LogP) is 1.86. The number of hydrogen-bond acceptors (Lipinski definition) is 3. The zero-order valence-corrected chi connectivity index (χ0v) is 13.5. The molecule has 0 aromatic carbocycles. The maximum absolute atomic E-state index is 12.8. The van der Waals surface area contributed by atoms with Gasteiger partial charge in [-0.15, -0.1) is 11.6 Å². The van der Waals surface area contributed by atoms with Gasteiger partial charge in [-0.25, -0.2) is 8.42 Å². The molecule has 1 aliphatic rings. The average molecular weight is 320 g/mol. The van der Waals surface area contributed by atoms with Crippen molar-refractivity contribution in [1.82, 2.24) is 14.2 Å². The number of nitrogens with one attached hydrogen (secondary N) is 1. The number of halogens is 1. The average Bonchev–Trinajstić information content (AvgIpc) is 2.83. The molecule has 0 saturated carbocycles. The van der Waals surface area contributed by atoms with Crippen molar-refractivity contribution >= 4 is 21.6 Å². The Bertz CT molecular complexity index is 544. The van der Waals surface area contributed by atoms with Crippen LogP contribution in [0.2, 0.25) is 0 Å². The fourth-order valence-electron chi connectivity index (χ4n) is 2.65. The third-order valence-corrected chi connectivity index (χ3v) is 6.00. The van der Waals surface area contributed by atoms with E-state index in [0.29, 0.717) is 11.4 Å². The maximum atomic E-state index is 12.8. The van der Waals surface area contributed by atoms with Gasteiger partial charge in [-0.3, -0.25) is 0 Å². The Morgan fingerprint density at radius 3 is 2.80 bits per heavy atom. The number of rotatable bonds is 4. The fraction of sp³-hybridized carbons (Fsp3) is 0.692. The topological polar surface area (TPSA) is 56.4 Å². The Labute approximate surface area is 126 Å². The van der Waals surface area contributed by atoms with E-state index in [4.69, 9.17) is 11.6 Å². The van der Waals surface area contributed by atoms with E-state index < -0.39 is 10.0 Å². The van der Waals surface area contributed by atoms with E-state index in [9.17, 15) is 8.42 Å². The van der Waals surface area contributed by atoms with Crippen LogP contribution >= 0.6 is 11.6 Å². The van der Waals surface area contributed by atoms with E-state index in [1.54, 1.807) is 10.4 Å². The van der Waals surface area contributed by atoms with Crippen molar-refractivity contribution in [1.29, 1.82) is 0 Å². The normalized spacial score (nSPS) is 22.9. The first-order chi connectivity index (χ1) is 9.48. The van der Waals surface area contributed by atoms with Crippen molar-refractivity contribution in [2.24, 2.45) is 0 Å². The molecule has 1 unspecified atom stereocenters. The quantitative estimate of drug-likeness (QED) is 0.862. The molecule has 1 aliphatic heterocycles. The van der Waals surface area contributed by atoms with Gasteiger partial charge in [0.15, 0.2) is 0 Å². The lowest BCUT2D eigenvalue weighted by atomic mass is 10.2. The monoisotopic (exact) mass is 319 g/mol. The van der Waals surface area contributed by atoms with Crippen LogP contribution in [0.1, 0.15) is 25.5 Å². The summed E-state index contributed by atoms with van der Waals surface area (Å²) in [7, 11) is -1.40. The summed E-state index contributed by atoms with van der Waals surface area (Å²) < 4.78 is 27.2. The zero-order chi connectivity index (χ0) is 14.8. The molecule has 0 radical (unpaired) electrons. The third-order valence-electron chi connectivity index (χ3n) is 3.79. The molecule has 1 aromatic rings. The van der Waals surface area contributed by atoms with E-state index in [1.165, 1.54) is 6.20 Å². The van der Waals surface area contributed by atoms with Gasteiger partial charge in [0.05, 0.1) is 10.8 Å². The van der Waals surface area contributed by atoms with Crippen molar-refractivity contribution in [3.63, 3.8) is 0 Å². The fourth-order valence-corrected chi connectivity index (χ4v) is 4.55. The Balaban J connectivity index is 2.30. The third kappa shape index (κ3) is 3.19. The van der Waals surface area contributed by atoms with Crippen molar-refractivity contribution in [3.05, 3.63) is 18.0 Å². The number of alkyl halides is 1. The summed E-state index contributed by atoms with van der Waals surface area (Å²) in [5.41, 5.74) is 0.727.